The fourth-order valence-corrected chi connectivity index (χ4v) is 3.36. The Morgan fingerprint density at radius 3 is 2.32 bits per heavy atom. The predicted octanol–water partition coefficient (Wildman–Crippen LogP) is 2.94. The molecule has 0 saturated heterocycles. The van der Waals surface area contributed by atoms with Crippen molar-refractivity contribution in [3.8, 4) is 0 Å². The molecule has 0 aromatic heterocycles. The zero-order valence-electron chi connectivity index (χ0n) is 15.0. The van der Waals surface area contributed by atoms with E-state index in [1.807, 2.05) is 19.1 Å². The Labute approximate surface area is 147 Å². The van der Waals surface area contributed by atoms with Crippen molar-refractivity contribution in [3.05, 3.63) is 12.2 Å². The SMILES string of the molecule is CC=CCC1CC(=O)CC1CC(=O)N(C(=O)O)[C@H](C(=O)O)[C@@H](C)CC. The molecule has 7 heteroatoms. The number of allylic oxidation sites excluding steroid dienone is 2. The van der Waals surface area contributed by atoms with Crippen LogP contribution in [0.25, 0.3) is 0 Å². The van der Waals surface area contributed by atoms with E-state index in [1.165, 1.54) is 0 Å². The van der Waals surface area contributed by atoms with Crippen molar-refractivity contribution in [2.75, 3.05) is 0 Å². The number of ketones is 1. The molecule has 2 N–H and O–H groups in total. The van der Waals surface area contributed by atoms with Crippen molar-refractivity contribution in [3.63, 3.8) is 0 Å². The molecular formula is C18H27NO6. The maximum atomic E-state index is 12.6. The summed E-state index contributed by atoms with van der Waals surface area (Å²) in [7, 11) is 0. The van der Waals surface area contributed by atoms with Gasteiger partial charge in [0, 0.05) is 19.3 Å². The molecule has 1 aliphatic rings. The smallest absolute Gasteiger partial charge is 0.414 e. The number of Topliss-reactive ketones (excluding diaryl/α,β-unsaturated/α-hetero) is 1. The Kier molecular flexibility index (Phi) is 7.80. The average molecular weight is 353 g/mol. The van der Waals surface area contributed by atoms with Crippen molar-refractivity contribution in [1.29, 1.82) is 0 Å². The van der Waals surface area contributed by atoms with Crippen LogP contribution in [-0.2, 0) is 14.4 Å². The highest BCUT2D eigenvalue weighted by molar-refractivity contribution is 5.96. The molecule has 0 aromatic rings. The Bertz CT molecular complexity index is 556. The molecule has 7 nitrogen and oxygen atoms in total. The lowest BCUT2D eigenvalue weighted by molar-refractivity contribution is -0.151. The topological polar surface area (TPSA) is 112 Å². The number of rotatable bonds is 8. The van der Waals surface area contributed by atoms with Gasteiger partial charge in [-0.3, -0.25) is 9.59 Å². The first-order valence-electron chi connectivity index (χ1n) is 8.63. The van der Waals surface area contributed by atoms with Crippen molar-refractivity contribution < 1.29 is 29.4 Å². The average Bonchev–Trinajstić information content (AvgIpc) is 2.88. The monoisotopic (exact) mass is 353 g/mol. The molecule has 2 amide bonds. The van der Waals surface area contributed by atoms with E-state index in [0.29, 0.717) is 24.2 Å². The maximum Gasteiger partial charge on any atom is 0.414 e. The van der Waals surface area contributed by atoms with E-state index in [0.717, 1.165) is 0 Å². The Balaban J connectivity index is 2.97. The van der Waals surface area contributed by atoms with E-state index in [-0.39, 0.29) is 30.5 Å². The van der Waals surface area contributed by atoms with Gasteiger partial charge in [-0.05, 0) is 31.1 Å². The highest BCUT2D eigenvalue weighted by Crippen LogP contribution is 2.35. The van der Waals surface area contributed by atoms with Gasteiger partial charge in [0.15, 0.2) is 0 Å². The Hall–Kier alpha value is -2.18. The zero-order valence-corrected chi connectivity index (χ0v) is 15.0. The number of carboxylic acid groups (broad SMARTS) is 2. The minimum absolute atomic E-state index is 0.00447. The van der Waals surface area contributed by atoms with Gasteiger partial charge in [-0.15, -0.1) is 0 Å². The number of nitrogens with zero attached hydrogens (tertiary/aromatic N) is 1. The van der Waals surface area contributed by atoms with Gasteiger partial charge in [0.1, 0.15) is 11.8 Å². The molecular weight excluding hydrogens is 326 g/mol. The summed E-state index contributed by atoms with van der Waals surface area (Å²) in [5.41, 5.74) is 0. The van der Waals surface area contributed by atoms with Crippen LogP contribution in [0, 0.1) is 17.8 Å². The lowest BCUT2D eigenvalue weighted by Gasteiger charge is -2.30. The third kappa shape index (κ3) is 5.41. The molecule has 0 bridgehead atoms. The van der Waals surface area contributed by atoms with Crippen molar-refractivity contribution >= 4 is 23.8 Å². The minimum atomic E-state index is -1.56. The molecule has 4 atom stereocenters. The van der Waals surface area contributed by atoms with E-state index in [4.69, 9.17) is 0 Å². The first-order chi connectivity index (χ1) is 11.7. The van der Waals surface area contributed by atoms with Gasteiger partial charge in [-0.25, -0.2) is 14.5 Å². The summed E-state index contributed by atoms with van der Waals surface area (Å²) in [5, 5.41) is 18.8. The van der Waals surface area contributed by atoms with Crippen molar-refractivity contribution in [1.82, 2.24) is 4.90 Å². The fraction of sp³-hybridized carbons (Fsp3) is 0.667. The summed E-state index contributed by atoms with van der Waals surface area (Å²) in [6.45, 7) is 5.22. The Morgan fingerprint density at radius 2 is 1.84 bits per heavy atom. The minimum Gasteiger partial charge on any atom is -0.480 e. The highest BCUT2D eigenvalue weighted by Gasteiger charge is 2.41. The molecule has 25 heavy (non-hydrogen) atoms. The van der Waals surface area contributed by atoms with Crippen LogP contribution in [-0.4, -0.2) is 44.9 Å². The van der Waals surface area contributed by atoms with Gasteiger partial charge in [0.05, 0.1) is 0 Å². The summed E-state index contributed by atoms with van der Waals surface area (Å²) in [6, 6.07) is -1.42. The molecule has 0 radical (unpaired) electrons. The molecule has 0 spiro atoms. The van der Waals surface area contributed by atoms with Gasteiger partial charge < -0.3 is 10.2 Å². The highest BCUT2D eigenvalue weighted by atomic mass is 16.4. The maximum absolute atomic E-state index is 12.6. The number of imide groups is 1. The number of carbonyl (C=O) groups excluding carboxylic acids is 2. The molecule has 1 saturated carbocycles. The van der Waals surface area contributed by atoms with Crippen LogP contribution in [0.4, 0.5) is 4.79 Å². The van der Waals surface area contributed by atoms with Crippen LogP contribution in [0.5, 0.6) is 0 Å². The first-order valence-corrected chi connectivity index (χ1v) is 8.63. The van der Waals surface area contributed by atoms with Gasteiger partial charge in [0.2, 0.25) is 5.91 Å². The number of aliphatic carboxylic acids is 1. The quantitative estimate of drug-likeness (QED) is 0.649. The number of hydrogen-bond acceptors (Lipinski definition) is 4. The van der Waals surface area contributed by atoms with E-state index in [1.54, 1.807) is 13.8 Å². The molecule has 0 aliphatic heterocycles. The largest absolute Gasteiger partial charge is 0.480 e. The summed E-state index contributed by atoms with van der Waals surface area (Å²) >= 11 is 0. The third-order valence-electron chi connectivity index (χ3n) is 4.95. The molecule has 140 valence electrons. The lowest BCUT2D eigenvalue weighted by atomic mass is 9.89. The standard InChI is InChI=1S/C18H27NO6/c1-4-6-7-12-8-14(20)9-13(12)10-15(21)19(18(24)25)16(17(22)23)11(3)5-2/h4,6,11-13,16H,5,7-10H2,1-3H3,(H,22,23)(H,24,25)/t11-,12?,13?,16-/m0/s1. The van der Waals surface area contributed by atoms with Gasteiger partial charge >= 0.3 is 12.1 Å². The van der Waals surface area contributed by atoms with Crippen LogP contribution >= 0.6 is 0 Å². The van der Waals surface area contributed by atoms with E-state index >= 15 is 0 Å². The molecule has 1 aliphatic carbocycles. The number of amides is 2. The summed E-state index contributed by atoms with van der Waals surface area (Å²) in [6.07, 6.45) is 3.81. The number of carbonyl (C=O) groups is 4. The second kappa shape index (κ2) is 9.34. The summed E-state index contributed by atoms with van der Waals surface area (Å²) in [4.78, 5) is 47.9. The van der Waals surface area contributed by atoms with E-state index in [9.17, 15) is 29.4 Å². The fourth-order valence-electron chi connectivity index (χ4n) is 3.36. The van der Waals surface area contributed by atoms with Crippen LogP contribution in [0.3, 0.4) is 0 Å². The van der Waals surface area contributed by atoms with Crippen LogP contribution in [0.2, 0.25) is 0 Å². The van der Waals surface area contributed by atoms with Crippen LogP contribution in [0.15, 0.2) is 12.2 Å². The van der Waals surface area contributed by atoms with E-state index < -0.39 is 29.9 Å². The predicted molar refractivity (Wildman–Crippen MR) is 91.0 cm³/mol. The second-order valence-corrected chi connectivity index (χ2v) is 6.69. The number of carboxylic acids is 1. The molecule has 1 fully saturated rings. The normalized spacial score (nSPS) is 22.8. The zero-order chi connectivity index (χ0) is 19.1. The van der Waals surface area contributed by atoms with E-state index in [2.05, 4.69) is 0 Å². The van der Waals surface area contributed by atoms with Gasteiger partial charge in [-0.2, -0.15) is 0 Å². The molecule has 2 unspecified atom stereocenters. The molecule has 0 aromatic carbocycles. The van der Waals surface area contributed by atoms with Crippen molar-refractivity contribution in [2.24, 2.45) is 17.8 Å². The second-order valence-electron chi connectivity index (χ2n) is 6.69. The van der Waals surface area contributed by atoms with Gasteiger partial charge in [0.25, 0.3) is 0 Å². The lowest BCUT2D eigenvalue weighted by Crippen LogP contribution is -2.51. The Morgan fingerprint density at radius 1 is 1.24 bits per heavy atom. The summed E-state index contributed by atoms with van der Waals surface area (Å²) in [5.74, 6) is -2.77. The first kappa shape index (κ1) is 20.9. The molecule has 1 rings (SSSR count). The van der Waals surface area contributed by atoms with Crippen LogP contribution < -0.4 is 0 Å². The molecule has 0 heterocycles. The van der Waals surface area contributed by atoms with Crippen LogP contribution in [0.1, 0.15) is 52.9 Å². The summed E-state index contributed by atoms with van der Waals surface area (Å²) < 4.78 is 0. The van der Waals surface area contributed by atoms with Gasteiger partial charge in [-0.1, -0.05) is 32.4 Å². The third-order valence-corrected chi connectivity index (χ3v) is 4.95. The number of hydrogen-bond donors (Lipinski definition) is 2. The van der Waals surface area contributed by atoms with Crippen molar-refractivity contribution in [2.45, 2.75) is 58.9 Å².